The number of halogens is 1. The third kappa shape index (κ3) is 4.15. The van der Waals surface area contributed by atoms with Crippen molar-refractivity contribution in [3.8, 4) is 17.3 Å². The zero-order chi connectivity index (χ0) is 21.4. The lowest BCUT2D eigenvalue weighted by Gasteiger charge is -2.22. The minimum atomic E-state index is -0.326. The number of nitrogens with zero attached hydrogens (tertiary/aromatic N) is 3. The highest BCUT2D eigenvalue weighted by molar-refractivity contribution is 5.67. The minimum absolute atomic E-state index is 0.294. The van der Waals surface area contributed by atoms with Crippen LogP contribution in [0, 0.1) is 41.8 Å². The van der Waals surface area contributed by atoms with Crippen LogP contribution in [0.4, 0.5) is 10.2 Å². The summed E-state index contributed by atoms with van der Waals surface area (Å²) in [5, 5.41) is 25.5. The van der Waals surface area contributed by atoms with Crippen LogP contribution in [0.2, 0.25) is 0 Å². The first kappa shape index (κ1) is 20.3. The molecule has 5 rings (SSSR count). The highest BCUT2D eigenvalue weighted by atomic mass is 19.1. The zero-order valence-electron chi connectivity index (χ0n) is 17.8. The van der Waals surface area contributed by atoms with Crippen LogP contribution in [0.1, 0.15) is 36.8 Å². The van der Waals surface area contributed by atoms with Crippen LogP contribution in [0.3, 0.4) is 0 Å². The molecule has 3 heterocycles. The smallest absolute Gasteiger partial charge is 0.166 e. The third-order valence-electron chi connectivity index (χ3n) is 7.25. The number of hydrogen-bond acceptors (Lipinski definition) is 6. The van der Waals surface area contributed by atoms with E-state index in [1.807, 2.05) is 6.92 Å². The maximum absolute atomic E-state index is 13.7. The van der Waals surface area contributed by atoms with Crippen LogP contribution in [0.15, 0.2) is 24.3 Å². The summed E-state index contributed by atoms with van der Waals surface area (Å²) in [7, 11) is 0. The monoisotopic (exact) mass is 421 g/mol. The van der Waals surface area contributed by atoms with Gasteiger partial charge in [0.05, 0.1) is 11.3 Å². The van der Waals surface area contributed by atoms with Crippen molar-refractivity contribution in [1.29, 1.82) is 5.26 Å². The maximum atomic E-state index is 13.7. The van der Waals surface area contributed by atoms with Crippen LogP contribution < -0.4 is 10.6 Å². The van der Waals surface area contributed by atoms with Crippen LogP contribution in [-0.2, 0) is 4.74 Å². The number of nitrogens with one attached hydrogen (secondary N) is 2. The lowest BCUT2D eigenvalue weighted by molar-refractivity contribution is 0.179. The van der Waals surface area contributed by atoms with E-state index in [0.717, 1.165) is 38.2 Å². The lowest BCUT2D eigenvalue weighted by atomic mass is 9.88. The Bertz CT molecular complexity index is 1000. The molecule has 3 aliphatic rings. The molecule has 5 atom stereocenters. The van der Waals surface area contributed by atoms with E-state index in [1.54, 1.807) is 12.1 Å². The quantitative estimate of drug-likeness (QED) is 0.767. The molecular formula is C24H28FN5O. The Labute approximate surface area is 182 Å². The van der Waals surface area contributed by atoms with Gasteiger partial charge in [-0.1, -0.05) is 6.07 Å². The van der Waals surface area contributed by atoms with E-state index in [1.165, 1.54) is 25.0 Å². The molecule has 0 radical (unpaired) electrons. The minimum Gasteiger partial charge on any atom is -0.381 e. The van der Waals surface area contributed by atoms with Crippen molar-refractivity contribution in [2.75, 3.05) is 25.1 Å². The normalized spacial score (nSPS) is 29.6. The first-order chi connectivity index (χ1) is 15.1. The molecule has 31 heavy (non-hydrogen) atoms. The molecule has 1 aromatic carbocycles. The van der Waals surface area contributed by atoms with E-state index in [9.17, 15) is 9.65 Å². The molecule has 1 aromatic heterocycles. The van der Waals surface area contributed by atoms with Crippen molar-refractivity contribution in [3.63, 3.8) is 0 Å². The number of aromatic nitrogens is 2. The molecule has 1 saturated carbocycles. The highest BCUT2D eigenvalue weighted by Gasteiger charge is 2.44. The molecule has 3 fully saturated rings. The third-order valence-corrected chi connectivity index (χ3v) is 7.25. The van der Waals surface area contributed by atoms with Crippen molar-refractivity contribution >= 4 is 5.82 Å². The molecule has 0 spiro atoms. The van der Waals surface area contributed by atoms with Gasteiger partial charge in [-0.25, -0.2) is 4.39 Å². The lowest BCUT2D eigenvalue weighted by Crippen LogP contribution is -2.31. The summed E-state index contributed by atoms with van der Waals surface area (Å²) < 4.78 is 19.3. The van der Waals surface area contributed by atoms with Gasteiger partial charge in [-0.2, -0.15) is 5.26 Å². The second-order valence-electron chi connectivity index (χ2n) is 9.28. The van der Waals surface area contributed by atoms with Crippen LogP contribution >= 0.6 is 0 Å². The average Bonchev–Trinajstić information content (AvgIpc) is 3.50. The Kier molecular flexibility index (Phi) is 5.59. The van der Waals surface area contributed by atoms with E-state index in [-0.39, 0.29) is 5.82 Å². The molecule has 2 N–H and O–H groups in total. The van der Waals surface area contributed by atoms with E-state index in [2.05, 4.69) is 26.9 Å². The summed E-state index contributed by atoms with van der Waals surface area (Å²) in [5.41, 5.74) is 2.53. The molecule has 2 aliphatic heterocycles. The van der Waals surface area contributed by atoms with Gasteiger partial charge in [-0.05, 0) is 80.7 Å². The van der Waals surface area contributed by atoms with E-state index in [0.29, 0.717) is 52.5 Å². The second kappa shape index (κ2) is 8.52. The fraction of sp³-hybridized carbons (Fsp3) is 0.542. The van der Waals surface area contributed by atoms with E-state index >= 15 is 0 Å². The van der Waals surface area contributed by atoms with E-state index < -0.39 is 0 Å². The molecule has 7 heteroatoms. The van der Waals surface area contributed by atoms with Crippen molar-refractivity contribution in [2.45, 2.75) is 44.7 Å². The van der Waals surface area contributed by atoms with Crippen molar-refractivity contribution in [3.05, 3.63) is 41.2 Å². The predicted molar refractivity (Wildman–Crippen MR) is 116 cm³/mol. The number of ether oxygens (including phenoxy) is 1. The van der Waals surface area contributed by atoms with Crippen LogP contribution in [-0.4, -0.2) is 42.0 Å². The Morgan fingerprint density at radius 3 is 3.00 bits per heavy atom. The van der Waals surface area contributed by atoms with Gasteiger partial charge in [0.2, 0.25) is 0 Å². The molecule has 2 aromatic rings. The van der Waals surface area contributed by atoms with Gasteiger partial charge < -0.3 is 15.4 Å². The number of nitriles is 1. The number of rotatable bonds is 5. The fourth-order valence-electron chi connectivity index (χ4n) is 5.62. The molecule has 162 valence electrons. The molecule has 0 bridgehead atoms. The summed E-state index contributed by atoms with van der Waals surface area (Å²) in [4.78, 5) is 0. The largest absolute Gasteiger partial charge is 0.381 e. The Balaban J connectivity index is 1.28. The average molecular weight is 422 g/mol. The SMILES string of the molecule is Cc1ccc(F)cc1-c1cc(C#N)c(N[C@H]2C[C@@H]3CN[C@@H](C[C@@H]4CCOC4)[C@H]3C2)nn1. The fourth-order valence-corrected chi connectivity index (χ4v) is 5.62. The van der Waals surface area contributed by atoms with Gasteiger partial charge in [0.15, 0.2) is 5.82 Å². The first-order valence-electron chi connectivity index (χ1n) is 11.2. The first-order valence-corrected chi connectivity index (χ1v) is 11.2. The predicted octanol–water partition coefficient (Wildman–Crippen LogP) is 3.67. The van der Waals surface area contributed by atoms with Crippen LogP contribution in [0.5, 0.6) is 0 Å². The number of hydrogen-bond donors (Lipinski definition) is 2. The summed E-state index contributed by atoms with van der Waals surface area (Å²) in [5.74, 6) is 2.20. The molecule has 2 saturated heterocycles. The topological polar surface area (TPSA) is 82.9 Å². The molecule has 0 unspecified atom stereocenters. The highest BCUT2D eigenvalue weighted by Crippen LogP contribution is 2.41. The Hall–Kier alpha value is -2.56. The number of fused-ring (bicyclic) bond motifs is 1. The van der Waals surface area contributed by atoms with Gasteiger partial charge >= 0.3 is 0 Å². The summed E-state index contributed by atoms with van der Waals surface area (Å²) in [6.45, 7) is 4.76. The van der Waals surface area contributed by atoms with Gasteiger partial charge in [0.25, 0.3) is 0 Å². The van der Waals surface area contributed by atoms with Crippen molar-refractivity contribution in [2.24, 2.45) is 17.8 Å². The van der Waals surface area contributed by atoms with Gasteiger partial charge in [0, 0.05) is 30.9 Å². The van der Waals surface area contributed by atoms with Gasteiger partial charge in [0.1, 0.15) is 11.9 Å². The molecule has 0 amide bonds. The van der Waals surface area contributed by atoms with Gasteiger partial charge in [-0.3, -0.25) is 0 Å². The number of aryl methyl sites for hydroxylation is 1. The number of benzene rings is 1. The number of anilines is 1. The molecule has 1 aliphatic carbocycles. The van der Waals surface area contributed by atoms with Gasteiger partial charge in [-0.15, -0.1) is 10.2 Å². The summed E-state index contributed by atoms with van der Waals surface area (Å²) in [6.07, 6.45) is 4.52. The van der Waals surface area contributed by atoms with Crippen molar-refractivity contribution in [1.82, 2.24) is 15.5 Å². The van der Waals surface area contributed by atoms with E-state index in [4.69, 9.17) is 4.74 Å². The zero-order valence-corrected chi connectivity index (χ0v) is 17.8. The second-order valence-corrected chi connectivity index (χ2v) is 9.28. The summed E-state index contributed by atoms with van der Waals surface area (Å²) in [6, 6.07) is 9.37. The molecular weight excluding hydrogens is 393 g/mol. The van der Waals surface area contributed by atoms with Crippen molar-refractivity contribution < 1.29 is 9.13 Å². The summed E-state index contributed by atoms with van der Waals surface area (Å²) >= 11 is 0. The Morgan fingerprint density at radius 1 is 1.29 bits per heavy atom. The van der Waals surface area contributed by atoms with Crippen LogP contribution in [0.25, 0.3) is 11.3 Å². The standard InChI is InChI=1S/C24H28FN5O/c1-14-2-3-18(25)9-20(14)23-8-16(11-26)24(30-29-23)28-19-7-17-12-27-22(21(17)10-19)6-15-4-5-31-13-15/h2-3,8-9,15,17,19,21-22,27H,4-7,10,12-13H2,1H3,(H,28,30)/t15-,17+,19-,21-,22-/m0/s1. The maximum Gasteiger partial charge on any atom is 0.166 e. The molecule has 6 nitrogen and oxygen atoms in total. The Morgan fingerprint density at radius 2 is 2.19 bits per heavy atom.